The molecule has 164 valence electrons. The summed E-state index contributed by atoms with van der Waals surface area (Å²) < 4.78 is 5.84. The van der Waals surface area contributed by atoms with Crippen LogP contribution < -0.4 is 10.1 Å². The van der Waals surface area contributed by atoms with Gasteiger partial charge in [0.25, 0.3) is 5.91 Å². The minimum Gasteiger partial charge on any atom is -0.483 e. The highest BCUT2D eigenvalue weighted by Gasteiger charge is 2.34. The first-order chi connectivity index (χ1) is 14.6. The van der Waals surface area contributed by atoms with Crippen molar-refractivity contribution in [3.05, 3.63) is 29.8 Å². The minimum absolute atomic E-state index is 0.0106. The highest BCUT2D eigenvalue weighted by molar-refractivity contribution is 5.78. The highest BCUT2D eigenvalue weighted by Crippen LogP contribution is 2.29. The summed E-state index contributed by atoms with van der Waals surface area (Å²) in [4.78, 5) is 28.8. The van der Waals surface area contributed by atoms with Gasteiger partial charge in [-0.25, -0.2) is 0 Å². The summed E-state index contributed by atoms with van der Waals surface area (Å²) in [6, 6.07) is 8.89. The van der Waals surface area contributed by atoms with Gasteiger partial charge in [0.05, 0.1) is 0 Å². The third-order valence-corrected chi connectivity index (χ3v) is 7.14. The number of piperidine rings is 2. The molecule has 1 N–H and O–H groups in total. The molecular weight excluding hydrogens is 378 g/mol. The zero-order valence-corrected chi connectivity index (χ0v) is 18.1. The molecule has 6 heteroatoms. The lowest BCUT2D eigenvalue weighted by atomic mass is 9.85. The molecule has 30 heavy (non-hydrogen) atoms. The molecule has 2 fully saturated rings. The Bertz CT molecular complexity index is 745. The van der Waals surface area contributed by atoms with Gasteiger partial charge in [0.2, 0.25) is 5.91 Å². The van der Waals surface area contributed by atoms with Crippen molar-refractivity contribution in [3.8, 4) is 5.75 Å². The molecular formula is C24H35N3O3. The minimum atomic E-state index is -0.0106. The van der Waals surface area contributed by atoms with Crippen LogP contribution in [-0.2, 0) is 16.0 Å². The van der Waals surface area contributed by atoms with E-state index in [1.807, 2.05) is 23.1 Å². The van der Waals surface area contributed by atoms with Crippen LogP contribution in [-0.4, -0.2) is 66.5 Å². The van der Waals surface area contributed by atoms with Gasteiger partial charge in [-0.05, 0) is 56.1 Å². The lowest BCUT2D eigenvalue weighted by molar-refractivity contribution is -0.130. The summed E-state index contributed by atoms with van der Waals surface area (Å²) in [5.41, 5.74) is 1.20. The van der Waals surface area contributed by atoms with Crippen molar-refractivity contribution in [2.45, 2.75) is 64.0 Å². The summed E-state index contributed by atoms with van der Waals surface area (Å²) in [7, 11) is 0. The molecule has 4 rings (SSSR count). The first-order valence-corrected chi connectivity index (χ1v) is 11.6. The lowest BCUT2D eigenvalue weighted by Gasteiger charge is -2.45. The molecule has 2 amide bonds. The second kappa shape index (κ2) is 9.82. The monoisotopic (exact) mass is 413 g/mol. The number of para-hydroxylation sites is 1. The number of amides is 2. The zero-order chi connectivity index (χ0) is 20.9. The molecule has 6 nitrogen and oxygen atoms in total. The van der Waals surface area contributed by atoms with E-state index in [4.69, 9.17) is 4.74 Å². The summed E-state index contributed by atoms with van der Waals surface area (Å²) in [6.45, 7) is 5.58. The quantitative estimate of drug-likeness (QED) is 0.769. The molecule has 3 aliphatic heterocycles. The van der Waals surface area contributed by atoms with Crippen molar-refractivity contribution in [3.63, 3.8) is 0 Å². The molecule has 0 bridgehead atoms. The van der Waals surface area contributed by atoms with Crippen LogP contribution in [0.3, 0.4) is 0 Å². The predicted octanol–water partition coefficient (Wildman–Crippen LogP) is 2.61. The topological polar surface area (TPSA) is 61.9 Å². The van der Waals surface area contributed by atoms with Crippen LogP contribution in [0.1, 0.15) is 51.0 Å². The number of benzene rings is 1. The van der Waals surface area contributed by atoms with E-state index >= 15 is 0 Å². The molecule has 2 atom stereocenters. The number of carbonyl (C=O) groups excluding carboxylic acids is 2. The van der Waals surface area contributed by atoms with Crippen molar-refractivity contribution in [1.82, 2.24) is 15.1 Å². The molecule has 1 aromatic carbocycles. The maximum atomic E-state index is 12.6. The first kappa shape index (κ1) is 21.2. The Morgan fingerprint density at radius 1 is 1.07 bits per heavy atom. The van der Waals surface area contributed by atoms with Crippen molar-refractivity contribution < 1.29 is 14.3 Å². The molecule has 1 aromatic rings. The average molecular weight is 414 g/mol. The van der Waals surface area contributed by atoms with E-state index in [0.29, 0.717) is 12.0 Å². The zero-order valence-electron chi connectivity index (χ0n) is 18.1. The Morgan fingerprint density at radius 3 is 2.67 bits per heavy atom. The summed E-state index contributed by atoms with van der Waals surface area (Å²) >= 11 is 0. The molecule has 0 unspecified atom stereocenters. The number of rotatable bonds is 1. The summed E-state index contributed by atoms with van der Waals surface area (Å²) in [5.74, 6) is 1.52. The van der Waals surface area contributed by atoms with Crippen molar-refractivity contribution in [1.29, 1.82) is 0 Å². The third kappa shape index (κ3) is 5.15. The SMILES string of the molecule is CC(=O)N1CCC(N2CC[C@H]3NC(=O)COc4ccccc4CCCC[C@H]3C2)CC1. The number of hydrogen-bond donors (Lipinski definition) is 1. The Balaban J connectivity index is 1.38. The molecule has 2 saturated heterocycles. The Morgan fingerprint density at radius 2 is 1.87 bits per heavy atom. The fourth-order valence-electron chi connectivity index (χ4n) is 5.39. The standard InChI is InChI=1S/C24H35N3O3/c1-18(28)26-13-10-21(11-14-26)27-15-12-22-20(16-27)8-3-2-6-19-7-4-5-9-23(19)30-17-24(29)25-22/h4-5,7,9,20-22H,2-3,6,8,10-17H2,1H3,(H,25,29)/t20-,22+/m0/s1. The third-order valence-electron chi connectivity index (χ3n) is 7.14. The van der Waals surface area contributed by atoms with E-state index in [9.17, 15) is 9.59 Å². The Hall–Kier alpha value is -2.08. The number of hydrogen-bond acceptors (Lipinski definition) is 4. The molecule has 0 spiro atoms. The van der Waals surface area contributed by atoms with Crippen LogP contribution >= 0.6 is 0 Å². The smallest absolute Gasteiger partial charge is 0.258 e. The van der Waals surface area contributed by atoms with Gasteiger partial charge in [-0.15, -0.1) is 0 Å². The maximum Gasteiger partial charge on any atom is 0.258 e. The van der Waals surface area contributed by atoms with Gasteiger partial charge in [-0.1, -0.05) is 24.6 Å². The van der Waals surface area contributed by atoms with Crippen LogP contribution in [0.25, 0.3) is 0 Å². The normalized spacial score (nSPS) is 27.0. The first-order valence-electron chi connectivity index (χ1n) is 11.6. The molecule has 3 aliphatic rings. The molecule has 0 saturated carbocycles. The van der Waals surface area contributed by atoms with E-state index in [1.165, 1.54) is 12.0 Å². The van der Waals surface area contributed by atoms with Gasteiger partial charge in [-0.2, -0.15) is 0 Å². The molecule has 3 heterocycles. The second-order valence-electron chi connectivity index (χ2n) is 9.10. The fraction of sp³-hybridized carbons (Fsp3) is 0.667. The van der Waals surface area contributed by atoms with Crippen LogP contribution in [0, 0.1) is 5.92 Å². The van der Waals surface area contributed by atoms with Gasteiger partial charge in [0, 0.05) is 45.2 Å². The molecule has 0 radical (unpaired) electrons. The molecule has 0 aliphatic carbocycles. The Labute approximate surface area is 179 Å². The molecule has 0 aromatic heterocycles. The van der Waals surface area contributed by atoms with Gasteiger partial charge in [0.15, 0.2) is 6.61 Å². The number of ether oxygens (including phenoxy) is 1. The van der Waals surface area contributed by atoms with Crippen LogP contribution in [0.4, 0.5) is 0 Å². The van der Waals surface area contributed by atoms with Crippen molar-refractivity contribution in [2.75, 3.05) is 32.8 Å². The van der Waals surface area contributed by atoms with Gasteiger partial charge >= 0.3 is 0 Å². The fourth-order valence-corrected chi connectivity index (χ4v) is 5.39. The van der Waals surface area contributed by atoms with Crippen molar-refractivity contribution >= 4 is 11.8 Å². The highest BCUT2D eigenvalue weighted by atomic mass is 16.5. The number of likely N-dealkylation sites (tertiary alicyclic amines) is 2. The van der Waals surface area contributed by atoms with E-state index in [-0.39, 0.29) is 24.5 Å². The number of fused-ring (bicyclic) bond motifs is 2. The number of carbonyl (C=O) groups is 2. The van der Waals surface area contributed by atoms with Crippen molar-refractivity contribution in [2.24, 2.45) is 5.92 Å². The van der Waals surface area contributed by atoms with E-state index in [0.717, 1.165) is 70.5 Å². The summed E-state index contributed by atoms with van der Waals surface area (Å²) in [6.07, 6.45) is 7.59. The number of nitrogens with one attached hydrogen (secondary N) is 1. The Kier molecular flexibility index (Phi) is 6.93. The van der Waals surface area contributed by atoms with Crippen LogP contribution in [0.15, 0.2) is 24.3 Å². The van der Waals surface area contributed by atoms with Gasteiger partial charge < -0.3 is 15.0 Å². The lowest BCUT2D eigenvalue weighted by Crippen LogP contribution is -2.56. The second-order valence-corrected chi connectivity index (χ2v) is 9.10. The van der Waals surface area contributed by atoms with E-state index in [2.05, 4.69) is 16.3 Å². The van der Waals surface area contributed by atoms with Gasteiger partial charge in [-0.3, -0.25) is 14.5 Å². The van der Waals surface area contributed by atoms with E-state index in [1.54, 1.807) is 6.92 Å². The maximum absolute atomic E-state index is 12.6. The largest absolute Gasteiger partial charge is 0.483 e. The van der Waals surface area contributed by atoms with Crippen LogP contribution in [0.2, 0.25) is 0 Å². The summed E-state index contributed by atoms with van der Waals surface area (Å²) in [5, 5.41) is 3.27. The van der Waals surface area contributed by atoms with Gasteiger partial charge in [0.1, 0.15) is 5.75 Å². The number of nitrogens with zero attached hydrogens (tertiary/aromatic N) is 2. The van der Waals surface area contributed by atoms with Crippen LogP contribution in [0.5, 0.6) is 5.75 Å². The number of aryl methyl sites for hydroxylation is 1. The average Bonchev–Trinajstić information content (AvgIpc) is 2.76. The van der Waals surface area contributed by atoms with E-state index < -0.39 is 0 Å². The predicted molar refractivity (Wildman–Crippen MR) is 116 cm³/mol.